The number of likely N-dealkylation sites (tertiary alicyclic amines) is 1. The van der Waals surface area contributed by atoms with E-state index in [1.54, 1.807) is 10.6 Å². The molecule has 140 valence electrons. The minimum Gasteiger partial charge on any atom is -0.342 e. The largest absolute Gasteiger partial charge is 0.342 e. The van der Waals surface area contributed by atoms with Crippen molar-refractivity contribution in [2.24, 2.45) is 5.92 Å². The second-order valence-corrected chi connectivity index (χ2v) is 7.40. The van der Waals surface area contributed by atoms with Crippen LogP contribution in [0.2, 0.25) is 0 Å². The molecule has 3 heterocycles. The van der Waals surface area contributed by atoms with E-state index in [4.69, 9.17) is 0 Å². The maximum Gasteiger partial charge on any atom is 0.334 e. The summed E-state index contributed by atoms with van der Waals surface area (Å²) in [7, 11) is 0. The zero-order chi connectivity index (χ0) is 19.0. The third kappa shape index (κ3) is 3.37. The first-order valence-electron chi connectivity index (χ1n) is 9.22. The smallest absolute Gasteiger partial charge is 0.334 e. The van der Waals surface area contributed by atoms with Crippen LogP contribution < -0.4 is 5.56 Å². The van der Waals surface area contributed by atoms with E-state index in [1.807, 2.05) is 35.2 Å². The predicted octanol–water partition coefficient (Wildman–Crippen LogP) is 2.34. The molecule has 1 aromatic heterocycles. The van der Waals surface area contributed by atoms with E-state index in [9.17, 15) is 19.7 Å². The molecule has 7 nitrogen and oxygen atoms in total. The van der Waals surface area contributed by atoms with Gasteiger partial charge in [0.25, 0.3) is 0 Å². The highest BCUT2D eigenvalue weighted by Crippen LogP contribution is 2.35. The Morgan fingerprint density at radius 3 is 2.63 bits per heavy atom. The van der Waals surface area contributed by atoms with Crippen molar-refractivity contribution in [3.05, 3.63) is 74.2 Å². The number of piperidine rings is 1. The molecule has 2 bridgehead atoms. The molecule has 4 rings (SSSR count). The zero-order valence-corrected chi connectivity index (χ0v) is 14.9. The van der Waals surface area contributed by atoms with E-state index in [1.165, 1.54) is 6.07 Å². The molecule has 0 N–H and O–H groups in total. The van der Waals surface area contributed by atoms with E-state index >= 15 is 0 Å². The van der Waals surface area contributed by atoms with Gasteiger partial charge in [0.2, 0.25) is 5.91 Å². The van der Waals surface area contributed by atoms with Gasteiger partial charge in [-0.25, -0.2) is 0 Å². The number of hydrogen-bond donors (Lipinski definition) is 0. The van der Waals surface area contributed by atoms with Gasteiger partial charge in [-0.1, -0.05) is 30.3 Å². The molecule has 1 saturated heterocycles. The molecule has 1 amide bonds. The third-order valence-electron chi connectivity index (χ3n) is 5.60. The quantitative estimate of drug-likeness (QED) is 0.613. The number of amides is 1. The number of nitrogens with zero attached hydrogens (tertiary/aromatic N) is 3. The van der Waals surface area contributed by atoms with Crippen LogP contribution in [-0.2, 0) is 17.8 Å². The first kappa shape index (κ1) is 17.5. The van der Waals surface area contributed by atoms with Crippen LogP contribution in [0.3, 0.4) is 0 Å². The van der Waals surface area contributed by atoms with Gasteiger partial charge in [-0.15, -0.1) is 0 Å². The van der Waals surface area contributed by atoms with Crippen molar-refractivity contribution in [2.75, 3.05) is 13.1 Å². The summed E-state index contributed by atoms with van der Waals surface area (Å²) in [4.78, 5) is 37.4. The highest BCUT2D eigenvalue weighted by atomic mass is 16.6. The summed E-state index contributed by atoms with van der Waals surface area (Å²) >= 11 is 0. The first-order valence-corrected chi connectivity index (χ1v) is 9.22. The fraction of sp³-hybridized carbons (Fsp3) is 0.400. The van der Waals surface area contributed by atoms with E-state index in [0.29, 0.717) is 32.5 Å². The van der Waals surface area contributed by atoms with Crippen molar-refractivity contribution in [2.45, 2.75) is 31.7 Å². The number of aromatic nitrogens is 1. The van der Waals surface area contributed by atoms with Gasteiger partial charge in [-0.3, -0.25) is 19.7 Å². The van der Waals surface area contributed by atoms with Crippen LogP contribution in [0.1, 0.15) is 30.0 Å². The summed E-state index contributed by atoms with van der Waals surface area (Å²) < 4.78 is 1.54. The molecule has 0 radical (unpaired) electrons. The average Bonchev–Trinajstić information content (AvgIpc) is 2.67. The normalized spacial score (nSPS) is 20.8. The minimum atomic E-state index is -0.626. The molecule has 1 fully saturated rings. The Bertz CT molecular complexity index is 938. The Balaban J connectivity index is 1.49. The van der Waals surface area contributed by atoms with Crippen LogP contribution in [0.25, 0.3) is 0 Å². The molecule has 7 heteroatoms. The average molecular weight is 367 g/mol. The van der Waals surface area contributed by atoms with E-state index < -0.39 is 10.5 Å². The van der Waals surface area contributed by atoms with E-state index in [0.717, 1.165) is 17.7 Å². The number of carbonyl (C=O) groups is 1. The van der Waals surface area contributed by atoms with Crippen LogP contribution in [0, 0.1) is 16.0 Å². The highest BCUT2D eigenvalue weighted by Gasteiger charge is 2.37. The van der Waals surface area contributed by atoms with Crippen molar-refractivity contribution in [1.29, 1.82) is 0 Å². The summed E-state index contributed by atoms with van der Waals surface area (Å²) in [6.07, 6.45) is 2.10. The summed E-state index contributed by atoms with van der Waals surface area (Å²) in [6.45, 7) is 1.62. The minimum absolute atomic E-state index is 0.0617. The molecule has 0 saturated carbocycles. The number of hydrogen-bond acceptors (Lipinski definition) is 4. The lowest BCUT2D eigenvalue weighted by Gasteiger charge is -2.42. The van der Waals surface area contributed by atoms with Gasteiger partial charge in [0.15, 0.2) is 0 Å². The number of nitro groups is 1. The standard InChI is InChI=1S/C20H21N3O4/c24-19(9-6-14-4-2-1-3-5-14)21-11-15-10-16(13-21)17-7-8-18(23(26)27)20(25)22(17)12-15/h1-5,7-8,15-16H,6,9-13H2. The van der Waals surface area contributed by atoms with Gasteiger partial charge < -0.3 is 9.47 Å². The molecule has 2 aliphatic heterocycles. The predicted molar refractivity (Wildman–Crippen MR) is 99.5 cm³/mol. The molecule has 2 aliphatic rings. The summed E-state index contributed by atoms with van der Waals surface area (Å²) in [5.41, 5.74) is 1.04. The van der Waals surface area contributed by atoms with Crippen molar-refractivity contribution in [1.82, 2.24) is 9.47 Å². The maximum atomic E-state index is 12.7. The van der Waals surface area contributed by atoms with Crippen LogP contribution in [-0.4, -0.2) is 33.4 Å². The van der Waals surface area contributed by atoms with Crippen LogP contribution in [0.5, 0.6) is 0 Å². The lowest BCUT2D eigenvalue weighted by Crippen LogP contribution is -2.49. The maximum absolute atomic E-state index is 12.7. The van der Waals surface area contributed by atoms with Crippen molar-refractivity contribution >= 4 is 11.6 Å². The molecule has 27 heavy (non-hydrogen) atoms. The van der Waals surface area contributed by atoms with Gasteiger partial charge in [0, 0.05) is 43.7 Å². The highest BCUT2D eigenvalue weighted by molar-refractivity contribution is 5.76. The molecule has 2 atom stereocenters. The summed E-state index contributed by atoms with van der Waals surface area (Å²) in [5, 5.41) is 11.0. The molecule has 2 aromatic rings. The molecule has 0 spiro atoms. The Morgan fingerprint density at radius 2 is 1.89 bits per heavy atom. The fourth-order valence-corrected chi connectivity index (χ4v) is 4.33. The van der Waals surface area contributed by atoms with Crippen molar-refractivity contribution in [3.8, 4) is 0 Å². The molecular weight excluding hydrogens is 346 g/mol. The molecule has 1 aromatic carbocycles. The SMILES string of the molecule is O=C(CCc1ccccc1)N1CC2CC(C1)c1ccc([N+](=O)[O-])c(=O)n1C2. The number of rotatable bonds is 4. The van der Waals surface area contributed by atoms with Crippen LogP contribution in [0.4, 0.5) is 5.69 Å². The first-order chi connectivity index (χ1) is 13.0. The number of carbonyl (C=O) groups excluding carboxylic acids is 1. The fourth-order valence-electron chi connectivity index (χ4n) is 4.33. The zero-order valence-electron chi connectivity index (χ0n) is 14.9. The van der Waals surface area contributed by atoms with Gasteiger partial charge in [0.05, 0.1) is 4.92 Å². The topological polar surface area (TPSA) is 85.5 Å². The number of pyridine rings is 1. The Hall–Kier alpha value is -2.96. The van der Waals surface area contributed by atoms with Gasteiger partial charge in [0.1, 0.15) is 0 Å². The van der Waals surface area contributed by atoms with E-state index in [-0.39, 0.29) is 23.4 Å². The monoisotopic (exact) mass is 367 g/mol. The molecule has 2 unspecified atom stereocenters. The summed E-state index contributed by atoms with van der Waals surface area (Å²) in [5.74, 6) is 0.356. The number of fused-ring (bicyclic) bond motifs is 4. The second-order valence-electron chi connectivity index (χ2n) is 7.40. The van der Waals surface area contributed by atoms with Crippen LogP contribution >= 0.6 is 0 Å². The van der Waals surface area contributed by atoms with Crippen LogP contribution in [0.15, 0.2) is 47.3 Å². The Morgan fingerprint density at radius 1 is 1.11 bits per heavy atom. The summed E-state index contributed by atoms with van der Waals surface area (Å²) in [6, 6.07) is 12.9. The number of benzene rings is 1. The van der Waals surface area contributed by atoms with E-state index in [2.05, 4.69) is 0 Å². The van der Waals surface area contributed by atoms with Crippen molar-refractivity contribution < 1.29 is 9.72 Å². The lowest BCUT2D eigenvalue weighted by atomic mass is 9.83. The third-order valence-corrected chi connectivity index (χ3v) is 5.60. The lowest BCUT2D eigenvalue weighted by molar-refractivity contribution is -0.386. The number of aryl methyl sites for hydroxylation is 1. The molecular formula is C20H21N3O4. The van der Waals surface area contributed by atoms with Crippen molar-refractivity contribution in [3.63, 3.8) is 0 Å². The van der Waals surface area contributed by atoms with Gasteiger partial charge in [-0.05, 0) is 30.4 Å². The Labute approximate surface area is 156 Å². The van der Waals surface area contributed by atoms with Gasteiger partial charge >= 0.3 is 11.2 Å². The van der Waals surface area contributed by atoms with Gasteiger partial charge in [-0.2, -0.15) is 0 Å². The second kappa shape index (κ2) is 6.98. The Kier molecular flexibility index (Phi) is 4.51. The molecule has 0 aliphatic carbocycles.